The summed E-state index contributed by atoms with van der Waals surface area (Å²) < 4.78 is 8.03. The maximum atomic E-state index is 5.78. The first-order valence-electron chi connectivity index (χ1n) is 29.7. The molecule has 0 aliphatic rings. The van der Waals surface area contributed by atoms with Crippen molar-refractivity contribution >= 4 is 67.8 Å². The Morgan fingerprint density at radius 2 is 0.810 bits per heavy atom. The van der Waals surface area contributed by atoms with Crippen molar-refractivity contribution < 1.29 is 4.42 Å². The Morgan fingerprint density at radius 3 is 1.31 bits per heavy atom. The molecule has 0 N–H and O–H groups in total. The van der Waals surface area contributed by atoms with Crippen molar-refractivity contribution in [2.45, 2.75) is 87.0 Å². The molecular formula is C76H75N7O. The average Bonchev–Trinajstić information content (AvgIpc) is 2.78. The minimum atomic E-state index is 0.562. The number of fused-ring (bicyclic) bond motifs is 4. The molecule has 8 nitrogen and oxygen atoms in total. The van der Waals surface area contributed by atoms with Gasteiger partial charge in [-0.1, -0.05) is 187 Å². The zero-order valence-corrected chi connectivity index (χ0v) is 49.8. The summed E-state index contributed by atoms with van der Waals surface area (Å²) in [6.07, 6.45) is 10.1. The molecule has 0 unspecified atom stereocenters. The van der Waals surface area contributed by atoms with Gasteiger partial charge in [0, 0.05) is 45.4 Å². The lowest BCUT2D eigenvalue weighted by molar-refractivity contribution is 0.584. The maximum absolute atomic E-state index is 5.78. The van der Waals surface area contributed by atoms with Crippen LogP contribution in [0, 0.1) is 6.92 Å². The van der Waals surface area contributed by atoms with Crippen LogP contribution in [0.5, 0.6) is 0 Å². The van der Waals surface area contributed by atoms with Crippen molar-refractivity contribution in [2.75, 3.05) is 10.0 Å². The van der Waals surface area contributed by atoms with Crippen molar-refractivity contribution in [2.24, 2.45) is 17.3 Å². The van der Waals surface area contributed by atoms with E-state index in [0.29, 0.717) is 11.8 Å². The number of nitrogens with zero attached hydrogens (tertiary/aromatic N) is 7. The van der Waals surface area contributed by atoms with Crippen LogP contribution in [0.1, 0.15) is 91.6 Å². The van der Waals surface area contributed by atoms with Crippen molar-refractivity contribution in [3.05, 3.63) is 275 Å². The van der Waals surface area contributed by atoms with Gasteiger partial charge in [-0.05, 0) is 180 Å². The van der Waals surface area contributed by atoms with Crippen LogP contribution in [0.25, 0.3) is 55.5 Å². The summed E-state index contributed by atoms with van der Waals surface area (Å²) in [7, 11) is 2.13. The zero-order chi connectivity index (χ0) is 58.4. The second-order valence-electron chi connectivity index (χ2n) is 21.1. The lowest BCUT2D eigenvalue weighted by Gasteiger charge is -2.22. The van der Waals surface area contributed by atoms with Gasteiger partial charge in [-0.15, -0.1) is 10.2 Å². The predicted octanol–water partition coefficient (Wildman–Crippen LogP) is 19.6. The van der Waals surface area contributed by atoms with E-state index < -0.39 is 0 Å². The second kappa shape index (κ2) is 27.4. The molecule has 0 atom stereocenters. The minimum Gasteiger partial charge on any atom is -0.416 e. The average molecular weight is 1100 g/mol. The molecule has 0 aliphatic heterocycles. The van der Waals surface area contributed by atoms with Gasteiger partial charge in [0.1, 0.15) is 0 Å². The number of hydrogen-bond donors (Lipinski definition) is 0. The van der Waals surface area contributed by atoms with E-state index in [-0.39, 0.29) is 0 Å². The SMILES string of the molecule is CCc1ccc(-c2nnc(-c3ccc(CC)cc3)o2)cc1.CCc1ccc(N(/N=C/c2ccc(C)cc2)c2ccc(CC)c3ccccc23)cc1.CCc1ccc(N(/N=C/c2ccc3c(c2)c2ccccc2n3C)c2ccc(CC)cc2)cc1. The molecular weight excluding hydrogens is 1030 g/mol. The molecule has 84 heavy (non-hydrogen) atoms. The highest BCUT2D eigenvalue weighted by Gasteiger charge is 2.16. The lowest BCUT2D eigenvalue weighted by Crippen LogP contribution is -2.10. The molecule has 0 spiro atoms. The fourth-order valence-electron chi connectivity index (χ4n) is 10.4. The molecule has 0 aliphatic carbocycles. The number of aryl methyl sites for hydroxylation is 8. The van der Waals surface area contributed by atoms with Gasteiger partial charge in [-0.2, -0.15) is 10.2 Å². The van der Waals surface area contributed by atoms with Gasteiger partial charge in [0.25, 0.3) is 0 Å². The molecule has 12 rings (SSSR count). The van der Waals surface area contributed by atoms with Crippen LogP contribution in [0.4, 0.5) is 22.7 Å². The molecule has 0 saturated heterocycles. The van der Waals surface area contributed by atoms with Crippen LogP contribution in [0.2, 0.25) is 0 Å². The highest BCUT2D eigenvalue weighted by atomic mass is 16.4. The van der Waals surface area contributed by atoms with Crippen LogP contribution < -0.4 is 10.0 Å². The summed E-state index contributed by atoms with van der Waals surface area (Å²) >= 11 is 0. The topological polar surface area (TPSA) is 75.1 Å². The van der Waals surface area contributed by atoms with Gasteiger partial charge in [-0.3, -0.25) is 0 Å². The fourth-order valence-corrected chi connectivity index (χ4v) is 10.4. The van der Waals surface area contributed by atoms with E-state index >= 15 is 0 Å². The van der Waals surface area contributed by atoms with Gasteiger partial charge in [0.05, 0.1) is 35.2 Å². The quantitative estimate of drug-likeness (QED) is 0.0712. The second-order valence-corrected chi connectivity index (χ2v) is 21.1. The largest absolute Gasteiger partial charge is 0.416 e. The zero-order valence-electron chi connectivity index (χ0n) is 49.8. The van der Waals surface area contributed by atoms with Gasteiger partial charge >= 0.3 is 0 Å². The first-order chi connectivity index (χ1) is 41.2. The number of anilines is 4. The van der Waals surface area contributed by atoms with Crippen LogP contribution in [-0.2, 0) is 45.6 Å². The third-order valence-corrected chi connectivity index (χ3v) is 15.7. The minimum absolute atomic E-state index is 0.562. The molecule has 12 aromatic rings. The number of hydrogen-bond acceptors (Lipinski definition) is 7. The van der Waals surface area contributed by atoms with Crippen molar-refractivity contribution in [3.63, 3.8) is 0 Å². The van der Waals surface area contributed by atoms with E-state index in [0.717, 1.165) is 83.5 Å². The summed E-state index contributed by atoms with van der Waals surface area (Å²) in [6.45, 7) is 15.1. The maximum Gasteiger partial charge on any atom is 0.248 e. The number of aromatic nitrogens is 3. The van der Waals surface area contributed by atoms with Crippen LogP contribution in [-0.4, -0.2) is 27.2 Å². The normalized spacial score (nSPS) is 11.3. The van der Waals surface area contributed by atoms with E-state index in [1.807, 2.05) is 41.7 Å². The third-order valence-electron chi connectivity index (χ3n) is 15.7. The Morgan fingerprint density at radius 1 is 0.393 bits per heavy atom. The first-order valence-corrected chi connectivity index (χ1v) is 29.7. The molecule has 0 amide bonds. The summed E-state index contributed by atoms with van der Waals surface area (Å²) in [6, 6.07) is 79.1. The van der Waals surface area contributed by atoms with Crippen molar-refractivity contribution in [1.29, 1.82) is 0 Å². The highest BCUT2D eigenvalue weighted by Crippen LogP contribution is 2.36. The predicted molar refractivity (Wildman–Crippen MR) is 356 cm³/mol. The molecule has 2 heterocycles. The summed E-state index contributed by atoms with van der Waals surface area (Å²) in [5.74, 6) is 1.12. The molecule has 0 bridgehead atoms. The Hall–Kier alpha value is -9.66. The number of rotatable bonds is 16. The third kappa shape index (κ3) is 13.5. The number of benzene rings is 10. The van der Waals surface area contributed by atoms with E-state index in [2.05, 4.69) is 275 Å². The Balaban J connectivity index is 0.000000144. The van der Waals surface area contributed by atoms with Crippen molar-refractivity contribution in [3.8, 4) is 22.9 Å². The standard InChI is InChI=1S/C30H29N3.C28H28N2.C18H18N2O/c1-4-22-10-15-25(16-11-22)33(26-17-12-23(5-2)13-18-26)31-21-24-14-19-30-28(20-24)27-8-6-7-9-29(27)32(30)3;1-4-22-14-17-25(18-15-22)30(29-20-23-12-10-21(3)11-13-23)28-19-16-24(5-2)26-8-6-7-9-27(26)28;1-3-13-5-9-15(10-6-13)17-19-20-18(21-17)16-11-7-14(4-2)8-12-16/h6-21H,4-5H2,1-3H3;6-20H,4-5H2,1-3H3;5-12H,3-4H2,1-2H3/b31-21+;29-20+;. The molecule has 8 heteroatoms. The highest BCUT2D eigenvalue weighted by molar-refractivity contribution is 6.09. The summed E-state index contributed by atoms with van der Waals surface area (Å²) in [5.41, 5.74) is 20.0. The van der Waals surface area contributed by atoms with E-state index in [4.69, 9.17) is 14.6 Å². The van der Waals surface area contributed by atoms with E-state index in [1.54, 1.807) is 0 Å². The van der Waals surface area contributed by atoms with Gasteiger partial charge in [-0.25, -0.2) is 10.0 Å². The van der Waals surface area contributed by atoms with E-state index in [9.17, 15) is 0 Å². The molecule has 0 saturated carbocycles. The van der Waals surface area contributed by atoms with Gasteiger partial charge in [0.2, 0.25) is 11.8 Å². The first kappa shape index (κ1) is 57.6. The van der Waals surface area contributed by atoms with Gasteiger partial charge < -0.3 is 8.98 Å². The Labute approximate surface area is 496 Å². The number of para-hydroxylation sites is 1. The molecule has 0 radical (unpaired) electrons. The Bertz CT molecular complexity index is 4030. The summed E-state index contributed by atoms with van der Waals surface area (Å²) in [4.78, 5) is 0. The van der Waals surface area contributed by atoms with Crippen LogP contribution >= 0.6 is 0 Å². The smallest absolute Gasteiger partial charge is 0.248 e. The lowest BCUT2D eigenvalue weighted by atomic mass is 10.0. The molecule has 10 aromatic carbocycles. The molecule has 0 fully saturated rings. The van der Waals surface area contributed by atoms with Gasteiger partial charge in [0.15, 0.2) is 0 Å². The number of hydrazone groups is 2. The van der Waals surface area contributed by atoms with Crippen LogP contribution in [0.15, 0.2) is 239 Å². The molecule has 2 aromatic heterocycles. The fraction of sp³-hybridized carbons (Fsp3) is 0.184. The summed E-state index contributed by atoms with van der Waals surface area (Å²) in [5, 5.41) is 27.3. The molecule has 420 valence electrons. The van der Waals surface area contributed by atoms with Crippen LogP contribution in [0.3, 0.4) is 0 Å². The monoisotopic (exact) mass is 1100 g/mol. The Kier molecular flexibility index (Phi) is 18.8. The van der Waals surface area contributed by atoms with Crippen molar-refractivity contribution in [1.82, 2.24) is 14.8 Å². The van der Waals surface area contributed by atoms with E-state index in [1.165, 1.54) is 71.5 Å².